The van der Waals surface area contributed by atoms with Gasteiger partial charge in [-0.1, -0.05) is 19.4 Å². The van der Waals surface area contributed by atoms with Crippen molar-refractivity contribution in [3.63, 3.8) is 0 Å². The SMILES string of the molecule is CCCCOCC(O)CN(C)c1cccc(C#N)c1. The van der Waals surface area contributed by atoms with Gasteiger partial charge in [0.1, 0.15) is 0 Å². The van der Waals surface area contributed by atoms with Crippen LogP contribution in [-0.4, -0.2) is 38.0 Å². The molecule has 1 N–H and O–H groups in total. The summed E-state index contributed by atoms with van der Waals surface area (Å²) in [5.41, 5.74) is 1.55. The lowest BCUT2D eigenvalue weighted by atomic mass is 10.2. The highest BCUT2D eigenvalue weighted by molar-refractivity contribution is 5.50. The summed E-state index contributed by atoms with van der Waals surface area (Å²) in [6, 6.07) is 9.45. The van der Waals surface area contributed by atoms with Gasteiger partial charge in [-0.25, -0.2) is 0 Å². The molecule has 0 fully saturated rings. The summed E-state index contributed by atoms with van der Waals surface area (Å²) < 4.78 is 5.39. The molecule has 0 heterocycles. The second kappa shape index (κ2) is 8.52. The van der Waals surface area contributed by atoms with Crippen LogP contribution in [0.1, 0.15) is 25.3 Å². The van der Waals surface area contributed by atoms with E-state index >= 15 is 0 Å². The minimum atomic E-state index is -0.521. The van der Waals surface area contributed by atoms with E-state index < -0.39 is 6.10 Å². The number of unbranched alkanes of at least 4 members (excludes halogenated alkanes) is 1. The molecule has 0 amide bonds. The Labute approximate surface area is 115 Å². The zero-order chi connectivity index (χ0) is 14.1. The molecular weight excluding hydrogens is 240 g/mol. The first kappa shape index (κ1) is 15.5. The van der Waals surface area contributed by atoms with Gasteiger partial charge in [0.15, 0.2) is 0 Å². The normalized spacial score (nSPS) is 11.9. The number of ether oxygens (including phenoxy) is 1. The smallest absolute Gasteiger partial charge is 0.0992 e. The fourth-order valence-electron chi connectivity index (χ4n) is 1.75. The molecule has 1 aromatic rings. The number of likely N-dealkylation sites (N-methyl/N-ethyl adjacent to an activating group) is 1. The second-order valence-electron chi connectivity index (χ2n) is 4.62. The largest absolute Gasteiger partial charge is 0.389 e. The van der Waals surface area contributed by atoms with Crippen LogP contribution in [-0.2, 0) is 4.74 Å². The number of nitriles is 1. The van der Waals surface area contributed by atoms with Crippen LogP contribution in [0.15, 0.2) is 24.3 Å². The molecule has 0 spiro atoms. The molecule has 0 bridgehead atoms. The van der Waals surface area contributed by atoms with Crippen LogP contribution in [0.25, 0.3) is 0 Å². The number of hydrogen-bond donors (Lipinski definition) is 1. The summed E-state index contributed by atoms with van der Waals surface area (Å²) in [7, 11) is 1.89. The first-order valence-electron chi connectivity index (χ1n) is 6.64. The maximum absolute atomic E-state index is 9.88. The molecule has 1 unspecified atom stereocenters. The van der Waals surface area contributed by atoms with Crippen LogP contribution in [0.2, 0.25) is 0 Å². The van der Waals surface area contributed by atoms with E-state index in [4.69, 9.17) is 10.00 Å². The summed E-state index contributed by atoms with van der Waals surface area (Å²) in [5.74, 6) is 0. The molecule has 4 nitrogen and oxygen atoms in total. The standard InChI is InChI=1S/C15H22N2O2/c1-3-4-8-19-12-15(18)11-17(2)14-7-5-6-13(9-14)10-16/h5-7,9,15,18H,3-4,8,11-12H2,1-2H3. The van der Waals surface area contributed by atoms with Gasteiger partial charge in [-0.2, -0.15) is 5.26 Å². The Kier molecular flexibility index (Phi) is 6.94. The third kappa shape index (κ3) is 5.73. The first-order valence-corrected chi connectivity index (χ1v) is 6.64. The van der Waals surface area contributed by atoms with Crippen molar-refractivity contribution in [1.29, 1.82) is 5.26 Å². The molecule has 0 aromatic heterocycles. The highest BCUT2D eigenvalue weighted by atomic mass is 16.5. The summed E-state index contributed by atoms with van der Waals surface area (Å²) >= 11 is 0. The minimum absolute atomic E-state index is 0.349. The van der Waals surface area contributed by atoms with Crippen molar-refractivity contribution in [2.24, 2.45) is 0 Å². The fraction of sp³-hybridized carbons (Fsp3) is 0.533. The van der Waals surface area contributed by atoms with Crippen LogP contribution < -0.4 is 4.90 Å². The van der Waals surface area contributed by atoms with Gasteiger partial charge in [-0.05, 0) is 24.6 Å². The molecule has 1 atom stereocenters. The summed E-state index contributed by atoms with van der Waals surface area (Å²) in [5, 5.41) is 18.7. The molecule has 19 heavy (non-hydrogen) atoms. The van der Waals surface area contributed by atoms with E-state index in [0.717, 1.165) is 18.5 Å². The predicted octanol–water partition coefficient (Wildman–Crippen LogP) is 2.17. The van der Waals surface area contributed by atoms with Gasteiger partial charge in [0, 0.05) is 25.9 Å². The van der Waals surface area contributed by atoms with E-state index in [0.29, 0.717) is 25.3 Å². The van der Waals surface area contributed by atoms with Gasteiger partial charge >= 0.3 is 0 Å². The van der Waals surface area contributed by atoms with Crippen LogP contribution in [0, 0.1) is 11.3 Å². The molecule has 0 aliphatic rings. The molecule has 4 heteroatoms. The molecule has 104 valence electrons. The van der Waals surface area contributed by atoms with Crippen molar-refractivity contribution < 1.29 is 9.84 Å². The van der Waals surface area contributed by atoms with Crippen LogP contribution in [0.4, 0.5) is 5.69 Å². The third-order valence-corrected chi connectivity index (χ3v) is 2.85. The maximum atomic E-state index is 9.88. The summed E-state index contributed by atoms with van der Waals surface area (Å²) in [6.07, 6.45) is 1.59. The molecule has 0 aliphatic heterocycles. The zero-order valence-corrected chi connectivity index (χ0v) is 11.7. The highest BCUT2D eigenvalue weighted by Crippen LogP contribution is 2.14. The Morgan fingerprint density at radius 3 is 2.95 bits per heavy atom. The molecule has 1 rings (SSSR count). The first-order chi connectivity index (χ1) is 9.17. The van der Waals surface area contributed by atoms with Crippen molar-refractivity contribution in [3.8, 4) is 6.07 Å². The average molecular weight is 262 g/mol. The van der Waals surface area contributed by atoms with Crippen molar-refractivity contribution in [2.45, 2.75) is 25.9 Å². The number of anilines is 1. The van der Waals surface area contributed by atoms with E-state index in [2.05, 4.69) is 13.0 Å². The number of rotatable bonds is 8. The lowest BCUT2D eigenvalue weighted by Gasteiger charge is -2.22. The number of benzene rings is 1. The van der Waals surface area contributed by atoms with Crippen molar-refractivity contribution in [2.75, 3.05) is 31.7 Å². The zero-order valence-electron chi connectivity index (χ0n) is 11.7. The Hall–Kier alpha value is -1.57. The second-order valence-corrected chi connectivity index (χ2v) is 4.62. The van der Waals surface area contributed by atoms with Gasteiger partial charge in [0.05, 0.1) is 24.3 Å². The maximum Gasteiger partial charge on any atom is 0.0992 e. The Bertz CT molecular complexity index is 415. The highest BCUT2D eigenvalue weighted by Gasteiger charge is 2.09. The van der Waals surface area contributed by atoms with Gasteiger partial charge in [0.2, 0.25) is 0 Å². The van der Waals surface area contributed by atoms with Gasteiger partial charge in [0.25, 0.3) is 0 Å². The van der Waals surface area contributed by atoms with Crippen molar-refractivity contribution >= 4 is 5.69 Å². The predicted molar refractivity (Wildman–Crippen MR) is 76.2 cm³/mol. The Morgan fingerprint density at radius 2 is 2.26 bits per heavy atom. The topological polar surface area (TPSA) is 56.5 Å². The quantitative estimate of drug-likeness (QED) is 0.729. The Balaban J connectivity index is 2.40. The molecule has 0 saturated heterocycles. The van der Waals surface area contributed by atoms with E-state index in [1.165, 1.54) is 0 Å². The monoisotopic (exact) mass is 262 g/mol. The molecular formula is C15H22N2O2. The summed E-state index contributed by atoms with van der Waals surface area (Å²) in [4.78, 5) is 1.93. The van der Waals surface area contributed by atoms with Gasteiger partial charge in [-0.15, -0.1) is 0 Å². The average Bonchev–Trinajstić information content (AvgIpc) is 2.43. The van der Waals surface area contributed by atoms with E-state index in [1.54, 1.807) is 6.07 Å². The fourth-order valence-corrected chi connectivity index (χ4v) is 1.75. The molecule has 0 aliphatic carbocycles. The number of aliphatic hydroxyl groups is 1. The molecule has 1 aromatic carbocycles. The lowest BCUT2D eigenvalue weighted by Crippen LogP contribution is -2.32. The summed E-state index contributed by atoms with van der Waals surface area (Å²) in [6.45, 7) is 3.64. The van der Waals surface area contributed by atoms with Crippen LogP contribution in [0.3, 0.4) is 0 Å². The van der Waals surface area contributed by atoms with Crippen LogP contribution >= 0.6 is 0 Å². The van der Waals surface area contributed by atoms with Crippen molar-refractivity contribution in [3.05, 3.63) is 29.8 Å². The number of aliphatic hydroxyl groups excluding tert-OH is 1. The van der Waals surface area contributed by atoms with Gasteiger partial charge in [-0.3, -0.25) is 0 Å². The van der Waals surface area contributed by atoms with Crippen LogP contribution in [0.5, 0.6) is 0 Å². The number of hydrogen-bond acceptors (Lipinski definition) is 4. The lowest BCUT2D eigenvalue weighted by molar-refractivity contribution is 0.0397. The molecule has 0 radical (unpaired) electrons. The third-order valence-electron chi connectivity index (χ3n) is 2.85. The van der Waals surface area contributed by atoms with Gasteiger partial charge < -0.3 is 14.7 Å². The Morgan fingerprint density at radius 1 is 1.47 bits per heavy atom. The number of nitrogens with zero attached hydrogens (tertiary/aromatic N) is 2. The van der Waals surface area contributed by atoms with E-state index in [1.807, 2.05) is 30.1 Å². The van der Waals surface area contributed by atoms with E-state index in [9.17, 15) is 5.11 Å². The van der Waals surface area contributed by atoms with E-state index in [-0.39, 0.29) is 0 Å². The molecule has 0 saturated carbocycles. The minimum Gasteiger partial charge on any atom is -0.389 e. The van der Waals surface area contributed by atoms with Crippen molar-refractivity contribution in [1.82, 2.24) is 0 Å².